The van der Waals surface area contributed by atoms with E-state index in [0.717, 1.165) is 3.79 Å². The van der Waals surface area contributed by atoms with Crippen molar-refractivity contribution >= 4 is 66.3 Å². The molecule has 110 valence electrons. The molecule has 0 aliphatic heterocycles. The lowest BCUT2D eigenvalue weighted by molar-refractivity contribution is -0.385. The van der Waals surface area contributed by atoms with E-state index < -0.39 is 4.92 Å². The van der Waals surface area contributed by atoms with Gasteiger partial charge in [0, 0.05) is 22.7 Å². The first-order chi connectivity index (χ1) is 9.88. The van der Waals surface area contributed by atoms with Gasteiger partial charge in [-0.15, -0.1) is 11.3 Å². The van der Waals surface area contributed by atoms with Crippen LogP contribution in [0.1, 0.15) is 10.4 Å². The largest absolute Gasteiger partial charge is 0.478 e. The number of halogens is 3. The van der Waals surface area contributed by atoms with Crippen LogP contribution in [0.25, 0.3) is 0 Å². The minimum atomic E-state index is -0.590. The maximum absolute atomic E-state index is 12.0. The second-order valence-electron chi connectivity index (χ2n) is 3.82. The second-order valence-corrected chi connectivity index (χ2v) is 8.00. The molecular weight excluding hydrogens is 449 g/mol. The minimum Gasteiger partial charge on any atom is -0.478 e. The fourth-order valence-electron chi connectivity index (χ4n) is 1.51. The number of hydrogen-bond acceptors (Lipinski definition) is 5. The monoisotopic (exact) mass is 453 g/mol. The van der Waals surface area contributed by atoms with Crippen LogP contribution in [0.2, 0.25) is 5.02 Å². The van der Waals surface area contributed by atoms with E-state index in [1.165, 1.54) is 29.5 Å². The van der Waals surface area contributed by atoms with Gasteiger partial charge >= 0.3 is 5.69 Å². The highest BCUT2D eigenvalue weighted by molar-refractivity contribution is 9.12. The molecule has 1 aromatic carbocycles. The van der Waals surface area contributed by atoms with E-state index in [0.29, 0.717) is 14.4 Å². The first kappa shape index (κ1) is 16.4. The summed E-state index contributed by atoms with van der Waals surface area (Å²) in [7, 11) is 0. The molecule has 0 spiro atoms. The van der Waals surface area contributed by atoms with E-state index in [2.05, 4.69) is 31.9 Å². The molecule has 5 nitrogen and oxygen atoms in total. The third-order valence-corrected chi connectivity index (χ3v) is 5.01. The Labute approximate surface area is 145 Å². The maximum Gasteiger partial charge on any atom is 0.311 e. The van der Waals surface area contributed by atoms with Crippen LogP contribution < -0.4 is 4.74 Å². The summed E-state index contributed by atoms with van der Waals surface area (Å²) in [5.74, 6) is -0.329. The van der Waals surface area contributed by atoms with Crippen LogP contribution in [-0.4, -0.2) is 17.3 Å². The van der Waals surface area contributed by atoms with Crippen molar-refractivity contribution in [1.29, 1.82) is 0 Å². The van der Waals surface area contributed by atoms with Crippen LogP contribution in [0.15, 0.2) is 31.8 Å². The van der Waals surface area contributed by atoms with Crippen molar-refractivity contribution in [3.8, 4) is 5.75 Å². The molecule has 0 fully saturated rings. The van der Waals surface area contributed by atoms with Gasteiger partial charge in [0.1, 0.15) is 0 Å². The van der Waals surface area contributed by atoms with E-state index >= 15 is 0 Å². The quantitative estimate of drug-likeness (QED) is 0.358. The molecule has 1 aromatic heterocycles. The molecule has 0 atom stereocenters. The summed E-state index contributed by atoms with van der Waals surface area (Å²) in [6, 6.07) is 5.60. The number of hydrogen-bond donors (Lipinski definition) is 0. The van der Waals surface area contributed by atoms with Gasteiger partial charge in [0.05, 0.1) is 12.5 Å². The van der Waals surface area contributed by atoms with E-state index in [9.17, 15) is 14.9 Å². The zero-order valence-electron chi connectivity index (χ0n) is 10.1. The molecule has 0 N–H and O–H groups in total. The molecule has 0 aliphatic rings. The number of nitro benzene ring substituents is 1. The summed E-state index contributed by atoms with van der Waals surface area (Å²) in [6.45, 7) is -0.317. The number of nitro groups is 1. The smallest absolute Gasteiger partial charge is 0.311 e. The molecule has 0 bridgehead atoms. The summed E-state index contributed by atoms with van der Waals surface area (Å²) in [6.07, 6.45) is 0. The van der Waals surface area contributed by atoms with Gasteiger partial charge < -0.3 is 4.74 Å². The third-order valence-electron chi connectivity index (χ3n) is 2.43. The lowest BCUT2D eigenvalue weighted by atomic mass is 10.2. The van der Waals surface area contributed by atoms with E-state index in [1.54, 1.807) is 6.07 Å². The number of Topliss-reactive ketones (excluding diaryl/α,β-unsaturated/α-hetero) is 1. The van der Waals surface area contributed by atoms with E-state index in [4.69, 9.17) is 16.3 Å². The van der Waals surface area contributed by atoms with Gasteiger partial charge in [-0.25, -0.2) is 0 Å². The topological polar surface area (TPSA) is 69.4 Å². The van der Waals surface area contributed by atoms with Crippen LogP contribution >= 0.6 is 54.8 Å². The van der Waals surface area contributed by atoms with Gasteiger partial charge in [0.15, 0.2) is 12.4 Å². The lowest BCUT2D eigenvalue weighted by Gasteiger charge is -2.06. The number of ketones is 1. The first-order valence-electron chi connectivity index (χ1n) is 5.43. The van der Waals surface area contributed by atoms with Gasteiger partial charge in [-0.05, 0) is 44.0 Å². The predicted molar refractivity (Wildman–Crippen MR) is 87.7 cm³/mol. The van der Waals surface area contributed by atoms with Crippen LogP contribution in [-0.2, 0) is 0 Å². The van der Waals surface area contributed by atoms with Gasteiger partial charge in [0.2, 0.25) is 5.78 Å². The molecule has 2 rings (SSSR count). The van der Waals surface area contributed by atoms with Crippen molar-refractivity contribution in [2.45, 2.75) is 0 Å². The second kappa shape index (κ2) is 6.87. The number of nitrogens with zero attached hydrogens (tertiary/aromatic N) is 1. The Balaban J connectivity index is 2.16. The fourth-order valence-corrected chi connectivity index (χ4v) is 4.52. The average Bonchev–Trinajstić information content (AvgIpc) is 2.74. The van der Waals surface area contributed by atoms with Crippen molar-refractivity contribution in [3.63, 3.8) is 0 Å². The van der Waals surface area contributed by atoms with Gasteiger partial charge in [-0.1, -0.05) is 11.6 Å². The van der Waals surface area contributed by atoms with Crippen LogP contribution in [0.5, 0.6) is 5.75 Å². The summed E-state index contributed by atoms with van der Waals surface area (Å²) < 4.78 is 6.72. The predicted octanol–water partition coefficient (Wildman–Crippen LogP) is 5.10. The Morgan fingerprint density at radius 2 is 2.10 bits per heavy atom. The highest BCUT2D eigenvalue weighted by atomic mass is 79.9. The third kappa shape index (κ3) is 4.03. The Bertz CT molecular complexity index is 719. The standard InChI is InChI=1S/C12H6Br2ClNO4S/c13-11-4-7(12(14)21-11)9(17)5-20-10-3-6(15)1-2-8(10)16(18)19/h1-4H,5H2. The van der Waals surface area contributed by atoms with Gasteiger partial charge in [-0.2, -0.15) is 0 Å². The summed E-state index contributed by atoms with van der Waals surface area (Å²) in [5, 5.41) is 11.2. The van der Waals surface area contributed by atoms with Gasteiger partial charge in [0.25, 0.3) is 0 Å². The fraction of sp³-hybridized carbons (Fsp3) is 0.0833. The highest BCUT2D eigenvalue weighted by Gasteiger charge is 2.19. The summed E-state index contributed by atoms with van der Waals surface area (Å²) in [5.41, 5.74) is 0.217. The number of carbonyl (C=O) groups excluding carboxylic acids is 1. The molecule has 1 heterocycles. The Kier molecular flexibility index (Phi) is 5.37. The summed E-state index contributed by atoms with van der Waals surface area (Å²) in [4.78, 5) is 22.3. The Morgan fingerprint density at radius 1 is 1.38 bits per heavy atom. The molecule has 9 heteroatoms. The zero-order valence-corrected chi connectivity index (χ0v) is 14.9. The van der Waals surface area contributed by atoms with Crippen molar-refractivity contribution in [3.05, 3.63) is 52.5 Å². The molecule has 0 unspecified atom stereocenters. The zero-order chi connectivity index (χ0) is 15.6. The van der Waals surface area contributed by atoms with Crippen molar-refractivity contribution in [2.75, 3.05) is 6.61 Å². The first-order valence-corrected chi connectivity index (χ1v) is 8.21. The molecule has 0 amide bonds. The van der Waals surface area contributed by atoms with Crippen molar-refractivity contribution < 1.29 is 14.5 Å². The molecule has 2 aromatic rings. The number of ether oxygens (including phenoxy) is 1. The van der Waals surface area contributed by atoms with Crippen LogP contribution in [0.4, 0.5) is 5.69 Å². The van der Waals surface area contributed by atoms with Gasteiger partial charge in [-0.3, -0.25) is 14.9 Å². The highest BCUT2D eigenvalue weighted by Crippen LogP contribution is 2.33. The van der Waals surface area contributed by atoms with E-state index in [-0.39, 0.29) is 23.8 Å². The number of benzene rings is 1. The number of rotatable bonds is 5. The Morgan fingerprint density at radius 3 is 2.67 bits per heavy atom. The maximum atomic E-state index is 12.0. The van der Waals surface area contributed by atoms with E-state index in [1.807, 2.05) is 0 Å². The molecule has 0 aliphatic carbocycles. The number of carbonyl (C=O) groups is 1. The molecular formula is C12H6Br2ClNO4S. The van der Waals surface area contributed by atoms with Crippen LogP contribution in [0, 0.1) is 10.1 Å². The molecule has 0 saturated carbocycles. The molecule has 0 radical (unpaired) electrons. The molecule has 21 heavy (non-hydrogen) atoms. The average molecular weight is 456 g/mol. The molecule has 0 saturated heterocycles. The number of thiophene rings is 1. The minimum absolute atomic E-state index is 0.0359. The normalized spacial score (nSPS) is 10.4. The van der Waals surface area contributed by atoms with Crippen molar-refractivity contribution in [1.82, 2.24) is 0 Å². The summed E-state index contributed by atoms with van der Waals surface area (Å²) >= 11 is 13.7. The van der Waals surface area contributed by atoms with Crippen molar-refractivity contribution in [2.24, 2.45) is 0 Å². The lowest BCUT2D eigenvalue weighted by Crippen LogP contribution is -2.12. The Hall–Kier alpha value is -0.960. The SMILES string of the molecule is O=C(COc1cc(Cl)ccc1[N+](=O)[O-])c1cc(Br)sc1Br. The van der Waals surface area contributed by atoms with Crippen LogP contribution in [0.3, 0.4) is 0 Å².